The highest BCUT2D eigenvalue weighted by molar-refractivity contribution is 6.30. The Hall–Kier alpha value is -1.32. The van der Waals surface area contributed by atoms with Gasteiger partial charge in [-0.1, -0.05) is 30.1 Å². The molecular weight excluding hydrogens is 283 g/mol. The molecule has 0 spiro atoms. The molecule has 1 aromatic heterocycles. The topological polar surface area (TPSA) is 35.0 Å². The third-order valence-corrected chi connectivity index (χ3v) is 2.97. The number of aryl methyl sites for hydroxylation is 2. The zero-order valence-electron chi connectivity index (χ0n) is 10.8. The molecule has 0 aliphatic rings. The molecule has 0 bridgehead atoms. The van der Waals surface area contributed by atoms with Gasteiger partial charge in [-0.2, -0.15) is 4.98 Å². The van der Waals surface area contributed by atoms with Gasteiger partial charge < -0.3 is 4.74 Å². The lowest BCUT2D eigenvalue weighted by molar-refractivity contribution is 0.455. The molecule has 0 saturated carbocycles. The van der Waals surface area contributed by atoms with E-state index >= 15 is 0 Å². The van der Waals surface area contributed by atoms with Crippen molar-refractivity contribution < 1.29 is 4.74 Å². The molecule has 0 unspecified atom stereocenters. The predicted molar refractivity (Wildman–Crippen MR) is 77.3 cm³/mol. The van der Waals surface area contributed by atoms with Gasteiger partial charge in [0.15, 0.2) is 0 Å². The lowest BCUT2D eigenvalue weighted by Crippen LogP contribution is -1.98. The molecule has 19 heavy (non-hydrogen) atoms. The second kappa shape index (κ2) is 6.22. The Labute approximate surface area is 122 Å². The first kappa shape index (κ1) is 14.1. The molecule has 0 fully saturated rings. The summed E-state index contributed by atoms with van der Waals surface area (Å²) in [5.41, 5.74) is 0.944. The van der Waals surface area contributed by atoms with E-state index in [2.05, 4.69) is 16.9 Å². The summed E-state index contributed by atoms with van der Waals surface area (Å²) in [6.45, 7) is 3.99. The zero-order valence-corrected chi connectivity index (χ0v) is 12.3. The molecule has 2 aromatic rings. The van der Waals surface area contributed by atoms with Crippen molar-refractivity contribution >= 4 is 23.2 Å². The first-order valence-electron chi connectivity index (χ1n) is 6.06. The first-order valence-corrected chi connectivity index (χ1v) is 6.81. The molecular formula is C14H14Cl2N2O. The smallest absolute Gasteiger partial charge is 0.224 e. The van der Waals surface area contributed by atoms with Crippen molar-refractivity contribution in [2.24, 2.45) is 0 Å². The maximum absolute atomic E-state index is 5.96. The summed E-state index contributed by atoms with van der Waals surface area (Å²) >= 11 is 11.9. The van der Waals surface area contributed by atoms with Crippen LogP contribution in [0.15, 0.2) is 24.3 Å². The molecule has 3 nitrogen and oxygen atoms in total. The van der Waals surface area contributed by atoms with Gasteiger partial charge in [-0.05, 0) is 37.1 Å². The molecule has 2 rings (SSSR count). The summed E-state index contributed by atoms with van der Waals surface area (Å²) < 4.78 is 5.74. The highest BCUT2D eigenvalue weighted by Gasteiger charge is 2.07. The fourth-order valence-corrected chi connectivity index (χ4v) is 2.09. The predicted octanol–water partition coefficient (Wildman–Crippen LogP) is 4.84. The Bertz CT molecular complexity index is 588. The monoisotopic (exact) mass is 296 g/mol. The summed E-state index contributed by atoms with van der Waals surface area (Å²) in [6.07, 6.45) is 1.73. The molecule has 100 valence electrons. The van der Waals surface area contributed by atoms with Crippen LogP contribution in [-0.4, -0.2) is 9.97 Å². The van der Waals surface area contributed by atoms with Gasteiger partial charge in [-0.15, -0.1) is 0 Å². The second-order valence-corrected chi connectivity index (χ2v) is 5.03. The Balaban J connectivity index is 2.27. The van der Waals surface area contributed by atoms with Crippen molar-refractivity contribution in [3.8, 4) is 11.6 Å². The van der Waals surface area contributed by atoms with Crippen LogP contribution in [0.1, 0.15) is 24.7 Å². The van der Waals surface area contributed by atoms with Gasteiger partial charge in [-0.3, -0.25) is 0 Å². The number of benzene rings is 1. The van der Waals surface area contributed by atoms with E-state index < -0.39 is 0 Å². The van der Waals surface area contributed by atoms with Gasteiger partial charge in [0.1, 0.15) is 16.7 Å². The molecule has 1 aromatic carbocycles. The summed E-state index contributed by atoms with van der Waals surface area (Å²) in [4.78, 5) is 8.49. The van der Waals surface area contributed by atoms with Gasteiger partial charge in [0.05, 0.1) is 0 Å². The standard InChI is InChI=1S/C14H14Cl2N2O/c1-3-4-13-17-12(16)8-14(18-13)19-11-6-5-10(15)7-9(11)2/h5-8H,3-4H2,1-2H3. The van der Waals surface area contributed by atoms with E-state index in [1.807, 2.05) is 19.1 Å². The van der Waals surface area contributed by atoms with E-state index in [0.717, 1.165) is 18.4 Å². The SMILES string of the molecule is CCCc1nc(Cl)cc(Oc2ccc(Cl)cc2C)n1. The van der Waals surface area contributed by atoms with E-state index in [4.69, 9.17) is 27.9 Å². The summed E-state index contributed by atoms with van der Waals surface area (Å²) in [5.74, 6) is 1.85. The molecule has 0 atom stereocenters. The number of aromatic nitrogens is 2. The van der Waals surface area contributed by atoms with Crippen molar-refractivity contribution in [3.63, 3.8) is 0 Å². The summed E-state index contributed by atoms with van der Waals surface area (Å²) in [6, 6.07) is 7.04. The van der Waals surface area contributed by atoms with Gasteiger partial charge >= 0.3 is 0 Å². The van der Waals surface area contributed by atoms with Crippen molar-refractivity contribution in [2.75, 3.05) is 0 Å². The minimum absolute atomic E-state index is 0.389. The van der Waals surface area contributed by atoms with Crippen LogP contribution < -0.4 is 4.74 Å². The maximum Gasteiger partial charge on any atom is 0.224 e. The fourth-order valence-electron chi connectivity index (χ4n) is 1.67. The maximum atomic E-state index is 5.96. The van der Waals surface area contributed by atoms with E-state index in [0.29, 0.717) is 27.6 Å². The molecule has 0 saturated heterocycles. The van der Waals surface area contributed by atoms with Crippen molar-refractivity contribution in [1.29, 1.82) is 0 Å². The summed E-state index contributed by atoms with van der Waals surface area (Å²) in [7, 11) is 0. The third-order valence-electron chi connectivity index (χ3n) is 2.54. The summed E-state index contributed by atoms with van der Waals surface area (Å²) in [5, 5.41) is 1.07. The molecule has 0 N–H and O–H groups in total. The molecule has 0 aliphatic heterocycles. The molecule has 5 heteroatoms. The van der Waals surface area contributed by atoms with E-state index in [1.54, 1.807) is 12.1 Å². The van der Waals surface area contributed by atoms with Crippen LogP contribution in [0.2, 0.25) is 10.2 Å². The number of hydrogen-bond acceptors (Lipinski definition) is 3. The van der Waals surface area contributed by atoms with E-state index in [9.17, 15) is 0 Å². The highest BCUT2D eigenvalue weighted by atomic mass is 35.5. The van der Waals surface area contributed by atoms with Crippen LogP contribution >= 0.6 is 23.2 Å². The largest absolute Gasteiger partial charge is 0.439 e. The van der Waals surface area contributed by atoms with Gasteiger partial charge in [0, 0.05) is 17.5 Å². The zero-order chi connectivity index (χ0) is 13.8. The Morgan fingerprint density at radius 1 is 1.16 bits per heavy atom. The van der Waals surface area contributed by atoms with Crippen LogP contribution in [0.25, 0.3) is 0 Å². The van der Waals surface area contributed by atoms with Crippen molar-refractivity contribution in [3.05, 3.63) is 45.8 Å². The lowest BCUT2D eigenvalue weighted by Gasteiger charge is -2.09. The number of ether oxygens (including phenoxy) is 1. The average molecular weight is 297 g/mol. The van der Waals surface area contributed by atoms with Crippen LogP contribution in [0.4, 0.5) is 0 Å². The molecule has 1 heterocycles. The van der Waals surface area contributed by atoms with Crippen LogP contribution in [-0.2, 0) is 6.42 Å². The minimum atomic E-state index is 0.389. The number of halogens is 2. The number of hydrogen-bond donors (Lipinski definition) is 0. The Morgan fingerprint density at radius 2 is 1.95 bits per heavy atom. The quantitative estimate of drug-likeness (QED) is 0.758. The van der Waals surface area contributed by atoms with Crippen LogP contribution in [0, 0.1) is 6.92 Å². The normalized spacial score (nSPS) is 10.5. The highest BCUT2D eigenvalue weighted by Crippen LogP contribution is 2.27. The fraction of sp³-hybridized carbons (Fsp3) is 0.286. The van der Waals surface area contributed by atoms with Gasteiger partial charge in [0.2, 0.25) is 5.88 Å². The van der Waals surface area contributed by atoms with Gasteiger partial charge in [-0.25, -0.2) is 4.98 Å². The van der Waals surface area contributed by atoms with Crippen LogP contribution in [0.3, 0.4) is 0 Å². The third kappa shape index (κ3) is 3.82. The van der Waals surface area contributed by atoms with E-state index in [-0.39, 0.29) is 0 Å². The van der Waals surface area contributed by atoms with E-state index in [1.165, 1.54) is 0 Å². The molecule has 0 aliphatic carbocycles. The van der Waals surface area contributed by atoms with Gasteiger partial charge in [0.25, 0.3) is 0 Å². The molecule has 0 amide bonds. The number of nitrogens with zero attached hydrogens (tertiary/aromatic N) is 2. The van der Waals surface area contributed by atoms with Crippen molar-refractivity contribution in [1.82, 2.24) is 9.97 Å². The average Bonchev–Trinajstić information content (AvgIpc) is 2.32. The Kier molecular flexibility index (Phi) is 4.61. The molecule has 0 radical (unpaired) electrons. The van der Waals surface area contributed by atoms with Crippen molar-refractivity contribution in [2.45, 2.75) is 26.7 Å². The lowest BCUT2D eigenvalue weighted by atomic mass is 10.2. The minimum Gasteiger partial charge on any atom is -0.439 e. The number of rotatable bonds is 4. The Morgan fingerprint density at radius 3 is 2.63 bits per heavy atom. The second-order valence-electron chi connectivity index (χ2n) is 4.21. The first-order chi connectivity index (χ1) is 9.08. The van der Waals surface area contributed by atoms with Crippen LogP contribution in [0.5, 0.6) is 11.6 Å².